The predicted molar refractivity (Wildman–Crippen MR) is 77.0 cm³/mol. The van der Waals surface area contributed by atoms with Crippen LogP contribution in [0.4, 0.5) is 0 Å². The van der Waals surface area contributed by atoms with E-state index in [1.807, 2.05) is 0 Å². The molecule has 1 fully saturated rings. The van der Waals surface area contributed by atoms with E-state index in [0.29, 0.717) is 19.1 Å². The minimum Gasteiger partial charge on any atom is -0.464 e. The first-order chi connectivity index (χ1) is 9.58. The first kappa shape index (κ1) is 15.1. The summed E-state index contributed by atoms with van der Waals surface area (Å²) in [5.74, 6) is 0.169. The highest BCUT2D eigenvalue weighted by Crippen LogP contribution is 2.40. The van der Waals surface area contributed by atoms with Crippen molar-refractivity contribution in [3.63, 3.8) is 0 Å². The van der Waals surface area contributed by atoms with Crippen molar-refractivity contribution in [3.05, 3.63) is 11.6 Å². The van der Waals surface area contributed by atoms with Gasteiger partial charge in [-0.1, -0.05) is 25.0 Å². The van der Waals surface area contributed by atoms with Crippen LogP contribution in [0, 0.1) is 11.8 Å². The summed E-state index contributed by atoms with van der Waals surface area (Å²) in [5, 5.41) is 0. The number of hydrogen-bond acceptors (Lipinski definition) is 3. The lowest BCUT2D eigenvalue weighted by atomic mass is 9.99. The highest BCUT2D eigenvalue weighted by atomic mass is 16.5. The molecule has 1 heterocycles. The van der Waals surface area contributed by atoms with Crippen molar-refractivity contribution >= 4 is 11.9 Å². The molecule has 20 heavy (non-hydrogen) atoms. The van der Waals surface area contributed by atoms with Crippen molar-refractivity contribution in [2.75, 3.05) is 13.2 Å². The number of esters is 1. The largest absolute Gasteiger partial charge is 0.464 e. The number of allylic oxidation sites excluding steroid dienone is 1. The highest BCUT2D eigenvalue weighted by Gasteiger charge is 2.45. The third-order valence-corrected chi connectivity index (χ3v) is 4.39. The fourth-order valence-electron chi connectivity index (χ4n) is 3.24. The summed E-state index contributed by atoms with van der Waals surface area (Å²) in [6.07, 6.45) is 6.67. The number of amides is 1. The number of carbonyl (C=O) groups excluding carboxylic acids is 2. The molecule has 1 amide bonds. The Kier molecular flexibility index (Phi) is 4.84. The Bertz CT molecular complexity index is 416. The lowest BCUT2D eigenvalue weighted by Gasteiger charge is -2.23. The van der Waals surface area contributed by atoms with E-state index in [-0.39, 0.29) is 17.8 Å². The number of ether oxygens (including phenoxy) is 1. The molecular weight excluding hydrogens is 254 g/mol. The van der Waals surface area contributed by atoms with Gasteiger partial charge < -0.3 is 9.64 Å². The van der Waals surface area contributed by atoms with Gasteiger partial charge in [0, 0.05) is 6.54 Å². The van der Waals surface area contributed by atoms with E-state index in [9.17, 15) is 9.59 Å². The molecule has 1 aliphatic carbocycles. The van der Waals surface area contributed by atoms with E-state index in [4.69, 9.17) is 4.74 Å². The minimum atomic E-state index is -0.458. The molecule has 2 rings (SSSR count). The molecule has 0 bridgehead atoms. The second-order valence-electron chi connectivity index (χ2n) is 5.84. The van der Waals surface area contributed by atoms with Gasteiger partial charge in [0.1, 0.15) is 6.04 Å². The number of hydrogen-bond donors (Lipinski definition) is 0. The van der Waals surface area contributed by atoms with Gasteiger partial charge in [-0.15, -0.1) is 0 Å². The molecule has 0 unspecified atom stereocenters. The Labute approximate surface area is 121 Å². The van der Waals surface area contributed by atoms with Crippen LogP contribution in [0.15, 0.2) is 11.6 Å². The predicted octanol–water partition coefficient (Wildman–Crippen LogP) is 2.53. The van der Waals surface area contributed by atoms with Gasteiger partial charge in [-0.25, -0.2) is 4.79 Å². The van der Waals surface area contributed by atoms with E-state index >= 15 is 0 Å². The molecule has 1 saturated heterocycles. The molecule has 0 spiro atoms. The summed E-state index contributed by atoms with van der Waals surface area (Å²) in [6.45, 7) is 6.78. The van der Waals surface area contributed by atoms with Crippen LogP contribution < -0.4 is 0 Å². The Balaban J connectivity index is 1.98. The van der Waals surface area contributed by atoms with E-state index < -0.39 is 6.04 Å². The average Bonchev–Trinajstić information content (AvgIpc) is 2.95. The zero-order valence-electron chi connectivity index (χ0n) is 12.7. The van der Waals surface area contributed by atoms with Gasteiger partial charge in [0.25, 0.3) is 0 Å². The normalized spacial score (nSPS) is 26.4. The Hall–Kier alpha value is -1.32. The Morgan fingerprint density at radius 3 is 2.85 bits per heavy atom. The van der Waals surface area contributed by atoms with Crippen molar-refractivity contribution in [2.45, 2.75) is 52.5 Å². The summed E-state index contributed by atoms with van der Waals surface area (Å²) in [4.78, 5) is 25.9. The van der Waals surface area contributed by atoms with Gasteiger partial charge in [-0.3, -0.25) is 4.79 Å². The average molecular weight is 279 g/mol. The van der Waals surface area contributed by atoms with Crippen molar-refractivity contribution in [2.24, 2.45) is 11.8 Å². The molecule has 0 aromatic rings. The molecule has 0 N–H and O–H groups in total. The second kappa shape index (κ2) is 6.42. The van der Waals surface area contributed by atoms with Gasteiger partial charge in [0.05, 0.1) is 12.5 Å². The van der Waals surface area contributed by atoms with E-state index in [2.05, 4.69) is 13.0 Å². The van der Waals surface area contributed by atoms with Gasteiger partial charge in [-0.2, -0.15) is 0 Å². The van der Waals surface area contributed by atoms with Crippen molar-refractivity contribution in [1.82, 2.24) is 4.90 Å². The maximum absolute atomic E-state index is 12.4. The van der Waals surface area contributed by atoms with Crippen LogP contribution in [0.1, 0.15) is 46.5 Å². The first-order valence-electron chi connectivity index (χ1n) is 7.75. The maximum Gasteiger partial charge on any atom is 0.328 e. The van der Waals surface area contributed by atoms with Gasteiger partial charge in [0.15, 0.2) is 0 Å². The molecule has 0 aromatic heterocycles. The number of nitrogens with zero attached hydrogens (tertiary/aromatic N) is 1. The molecule has 3 atom stereocenters. The first-order valence-corrected chi connectivity index (χ1v) is 7.75. The van der Waals surface area contributed by atoms with Crippen LogP contribution in [0.3, 0.4) is 0 Å². The van der Waals surface area contributed by atoms with E-state index in [1.54, 1.807) is 18.7 Å². The van der Waals surface area contributed by atoms with Gasteiger partial charge in [0.2, 0.25) is 5.91 Å². The van der Waals surface area contributed by atoms with Crippen molar-refractivity contribution in [3.8, 4) is 0 Å². The molecule has 0 radical (unpaired) electrons. The summed E-state index contributed by atoms with van der Waals surface area (Å²) in [5.41, 5.74) is 1.43. The molecule has 4 nitrogen and oxygen atoms in total. The Morgan fingerprint density at radius 2 is 2.25 bits per heavy atom. The summed E-state index contributed by atoms with van der Waals surface area (Å²) >= 11 is 0. The summed E-state index contributed by atoms with van der Waals surface area (Å²) < 4.78 is 5.01. The quantitative estimate of drug-likeness (QED) is 0.554. The van der Waals surface area contributed by atoms with Gasteiger partial charge >= 0.3 is 5.97 Å². The zero-order valence-corrected chi connectivity index (χ0v) is 12.7. The highest BCUT2D eigenvalue weighted by molar-refractivity contribution is 5.89. The summed E-state index contributed by atoms with van der Waals surface area (Å²) in [7, 11) is 0. The molecule has 0 aromatic carbocycles. The second-order valence-corrected chi connectivity index (χ2v) is 5.84. The topological polar surface area (TPSA) is 46.6 Å². The molecular formula is C16H25NO3. The van der Waals surface area contributed by atoms with E-state index in [1.165, 1.54) is 18.4 Å². The fraction of sp³-hybridized carbons (Fsp3) is 0.750. The number of likely N-dealkylation sites (tertiary alicyclic amines) is 1. The fourth-order valence-corrected chi connectivity index (χ4v) is 3.24. The maximum atomic E-state index is 12.4. The molecule has 0 saturated carbocycles. The third-order valence-electron chi connectivity index (χ3n) is 4.39. The SMILES string of the molecule is CCCCC1=C[C@@H]2C(=O)N([C@@H](C)C(=O)OCC)C[C@@H]2C1. The van der Waals surface area contributed by atoms with Crippen molar-refractivity contribution < 1.29 is 14.3 Å². The monoisotopic (exact) mass is 279 g/mol. The third kappa shape index (κ3) is 2.89. The molecule has 2 aliphatic rings. The van der Waals surface area contributed by atoms with Crippen molar-refractivity contribution in [1.29, 1.82) is 0 Å². The number of carbonyl (C=O) groups is 2. The van der Waals surface area contributed by atoms with Crippen LogP contribution in [0.25, 0.3) is 0 Å². The summed E-state index contributed by atoms with van der Waals surface area (Å²) in [6, 6.07) is -0.458. The van der Waals surface area contributed by atoms with Crippen LogP contribution in [0.5, 0.6) is 0 Å². The molecule has 112 valence electrons. The van der Waals surface area contributed by atoms with Crippen LogP contribution in [-0.2, 0) is 14.3 Å². The van der Waals surface area contributed by atoms with Crippen LogP contribution in [-0.4, -0.2) is 36.0 Å². The van der Waals surface area contributed by atoms with Crippen LogP contribution in [0.2, 0.25) is 0 Å². The van der Waals surface area contributed by atoms with E-state index in [0.717, 1.165) is 12.8 Å². The lowest BCUT2D eigenvalue weighted by Crippen LogP contribution is -2.41. The standard InChI is InChI=1S/C16H25NO3/c1-4-6-7-12-8-13-10-17(15(18)14(13)9-12)11(3)16(19)20-5-2/h9,11,13-14H,4-8,10H2,1-3H3/t11-,13-,14-/m0/s1. The Morgan fingerprint density at radius 1 is 1.50 bits per heavy atom. The minimum absolute atomic E-state index is 0.00117. The van der Waals surface area contributed by atoms with Crippen LogP contribution >= 0.6 is 0 Å². The zero-order chi connectivity index (χ0) is 14.7. The molecule has 4 heteroatoms. The van der Waals surface area contributed by atoms with Gasteiger partial charge in [-0.05, 0) is 39.0 Å². The number of unbranched alkanes of at least 4 members (excludes halogenated alkanes) is 1. The molecule has 1 aliphatic heterocycles. The number of fused-ring (bicyclic) bond motifs is 1. The smallest absolute Gasteiger partial charge is 0.328 e. The lowest BCUT2D eigenvalue weighted by molar-refractivity contribution is -0.152. The number of rotatable bonds is 6.